The molecule has 0 bridgehead atoms. The van der Waals surface area contributed by atoms with Crippen molar-refractivity contribution < 1.29 is 9.53 Å². The molecule has 6 aromatic carbocycles. The minimum absolute atomic E-state index is 0.158. The second kappa shape index (κ2) is 12.1. The van der Waals surface area contributed by atoms with Crippen molar-refractivity contribution in [2.45, 2.75) is 12.6 Å². The van der Waals surface area contributed by atoms with Gasteiger partial charge in [0.2, 0.25) is 16.5 Å². The molecule has 0 spiro atoms. The number of hydrogen-bond acceptors (Lipinski definition) is 3. The maximum atomic E-state index is 12.9. The van der Waals surface area contributed by atoms with Gasteiger partial charge in [-0.3, -0.25) is 9.03 Å². The number of hydrogen-bond donors (Lipinski definition) is 0. The summed E-state index contributed by atoms with van der Waals surface area (Å²) in [5, 5.41) is 7.50. The molecule has 44 heavy (non-hydrogen) atoms. The number of benzene rings is 6. The molecule has 3 nitrogen and oxygen atoms in total. The van der Waals surface area contributed by atoms with E-state index in [1.807, 2.05) is 0 Å². The average molecular weight is 604 g/mol. The topological polar surface area (TPSA) is 29.5 Å². The van der Waals surface area contributed by atoms with Gasteiger partial charge in [0.1, 0.15) is 0 Å². The van der Waals surface area contributed by atoms with Crippen LogP contribution in [0.4, 0.5) is 0 Å². The van der Waals surface area contributed by atoms with Gasteiger partial charge in [-0.2, -0.15) is 0 Å². The van der Waals surface area contributed by atoms with Gasteiger partial charge in [-0.15, -0.1) is 0 Å². The molecule has 0 saturated carbocycles. The molecule has 0 aliphatic carbocycles. The van der Waals surface area contributed by atoms with E-state index < -0.39 is 22.7 Å². The van der Waals surface area contributed by atoms with Gasteiger partial charge in [-0.05, 0) is 31.1 Å². The zero-order valence-corrected chi connectivity index (χ0v) is 26.4. The average Bonchev–Trinajstić information content (AvgIpc) is 3.10. The molecule has 1 fully saturated rings. The summed E-state index contributed by atoms with van der Waals surface area (Å²) in [6.07, 6.45) is -0.0789. The van der Waals surface area contributed by atoms with Crippen LogP contribution in [-0.2, 0) is 9.53 Å². The van der Waals surface area contributed by atoms with Gasteiger partial charge in [0.05, 0.1) is 6.42 Å². The summed E-state index contributed by atoms with van der Waals surface area (Å²) in [6.45, 7) is 0. The van der Waals surface area contributed by atoms with E-state index in [4.69, 9.17) is 4.74 Å². The Kier molecular flexibility index (Phi) is 7.67. The fourth-order valence-electron chi connectivity index (χ4n) is 7.02. The Bertz CT molecular complexity index is 1490. The van der Waals surface area contributed by atoms with Crippen molar-refractivity contribution >= 4 is 53.6 Å². The van der Waals surface area contributed by atoms with Crippen molar-refractivity contribution in [3.63, 3.8) is 0 Å². The summed E-state index contributed by atoms with van der Waals surface area (Å²) >= 11 is 0. The predicted molar refractivity (Wildman–Crippen MR) is 184 cm³/mol. The minimum Gasteiger partial charge on any atom is -0.447 e. The molecule has 0 aromatic heterocycles. The van der Waals surface area contributed by atoms with Gasteiger partial charge < -0.3 is 4.74 Å². The highest BCUT2D eigenvalue weighted by atomic mass is 28.4. The van der Waals surface area contributed by atoms with E-state index in [9.17, 15) is 4.79 Å². The third-order valence-electron chi connectivity index (χ3n) is 8.77. The second-order valence-electron chi connectivity index (χ2n) is 11.1. The third kappa shape index (κ3) is 4.57. The van der Waals surface area contributed by atoms with Crippen molar-refractivity contribution in [2.24, 2.45) is 0 Å². The van der Waals surface area contributed by atoms with Gasteiger partial charge in [0.25, 0.3) is 0 Å². The van der Waals surface area contributed by atoms with E-state index in [0.29, 0.717) is 6.42 Å². The van der Waals surface area contributed by atoms with Crippen LogP contribution in [0.1, 0.15) is 6.42 Å². The maximum Gasteiger partial charge on any atom is 0.312 e. The van der Waals surface area contributed by atoms with Crippen molar-refractivity contribution in [3.05, 3.63) is 182 Å². The molecule has 0 radical (unpaired) electrons. The molecule has 214 valence electrons. The summed E-state index contributed by atoms with van der Waals surface area (Å²) in [7, 11) is -6.36. The zero-order chi connectivity index (χ0) is 29.8. The van der Waals surface area contributed by atoms with Crippen LogP contribution in [0, 0.1) is 0 Å². The number of cyclic esters (lactones) is 1. The largest absolute Gasteiger partial charge is 0.447 e. The summed E-state index contributed by atoms with van der Waals surface area (Å²) in [5.74, 6) is -0.158. The molecular weight excluding hydrogens is 571 g/mol. The van der Waals surface area contributed by atoms with Gasteiger partial charge in [0.15, 0.2) is 6.23 Å². The van der Waals surface area contributed by atoms with E-state index in [-0.39, 0.29) is 5.97 Å². The van der Waals surface area contributed by atoms with E-state index in [1.54, 1.807) is 0 Å². The van der Waals surface area contributed by atoms with E-state index in [2.05, 4.69) is 186 Å². The smallest absolute Gasteiger partial charge is 0.312 e. The van der Waals surface area contributed by atoms with Crippen LogP contribution in [0.5, 0.6) is 0 Å². The Labute approximate surface area is 261 Å². The number of esters is 1. The van der Waals surface area contributed by atoms with Crippen LogP contribution < -0.4 is 31.1 Å². The second-order valence-corrected chi connectivity index (χ2v) is 18.9. The molecule has 1 saturated heterocycles. The van der Waals surface area contributed by atoms with Crippen LogP contribution >= 0.6 is 0 Å². The van der Waals surface area contributed by atoms with Crippen molar-refractivity contribution in [1.29, 1.82) is 0 Å². The van der Waals surface area contributed by atoms with Crippen LogP contribution in [0.25, 0.3) is 0 Å². The lowest BCUT2D eigenvalue weighted by Gasteiger charge is -2.57. The normalized spacial score (nSPS) is 14.9. The molecule has 0 amide bonds. The molecule has 6 aromatic rings. The number of carbonyl (C=O) groups excluding carboxylic acids is 1. The highest BCUT2D eigenvalue weighted by Gasteiger charge is 2.62. The first-order valence-electron chi connectivity index (χ1n) is 15.1. The summed E-state index contributed by atoms with van der Waals surface area (Å²) < 4.78 is 9.05. The molecule has 1 unspecified atom stereocenters. The number of rotatable bonds is 9. The molecule has 1 aliphatic heterocycles. The number of carbonyl (C=O) groups is 1. The molecule has 5 heteroatoms. The van der Waals surface area contributed by atoms with Gasteiger partial charge >= 0.3 is 5.97 Å². The molecular formula is C39H33NO2Si2. The Morgan fingerprint density at radius 2 is 0.614 bits per heavy atom. The summed E-state index contributed by atoms with van der Waals surface area (Å²) in [6, 6.07) is 65.6. The monoisotopic (exact) mass is 603 g/mol. The fraction of sp³-hybridized carbons (Fsp3) is 0.0513. The summed E-state index contributed by atoms with van der Waals surface area (Å²) in [4.78, 5) is 12.9. The number of nitrogens with zero attached hydrogens (tertiary/aromatic N) is 1. The van der Waals surface area contributed by atoms with Crippen LogP contribution in [0.2, 0.25) is 0 Å². The van der Waals surface area contributed by atoms with Crippen LogP contribution in [0.15, 0.2) is 182 Å². The molecule has 1 heterocycles. The van der Waals surface area contributed by atoms with Crippen LogP contribution in [-0.4, -0.2) is 32.9 Å². The SMILES string of the molecule is O=C1CC(N([Si](c2ccccc2)(c2ccccc2)c2ccccc2)[Si](c2ccccc2)(c2ccccc2)c2ccccc2)O1. The lowest BCUT2D eigenvalue weighted by atomic mass is 10.3. The van der Waals surface area contributed by atoms with Gasteiger partial charge in [-0.1, -0.05) is 182 Å². The highest BCUT2D eigenvalue weighted by Crippen LogP contribution is 2.31. The maximum absolute atomic E-state index is 12.9. The van der Waals surface area contributed by atoms with Crippen molar-refractivity contribution in [1.82, 2.24) is 4.23 Å². The Balaban J connectivity index is 1.72. The number of ether oxygens (including phenoxy) is 1. The lowest BCUT2D eigenvalue weighted by Crippen LogP contribution is -2.92. The molecule has 0 N–H and O–H groups in total. The molecule has 1 atom stereocenters. The Morgan fingerprint density at radius 1 is 0.409 bits per heavy atom. The van der Waals surface area contributed by atoms with Crippen molar-refractivity contribution in [2.75, 3.05) is 0 Å². The Hall–Kier alpha value is -4.82. The van der Waals surface area contributed by atoms with Crippen LogP contribution in [0.3, 0.4) is 0 Å². The predicted octanol–water partition coefficient (Wildman–Crippen LogP) is 3.90. The zero-order valence-electron chi connectivity index (χ0n) is 24.4. The van der Waals surface area contributed by atoms with Gasteiger partial charge in [0, 0.05) is 0 Å². The van der Waals surface area contributed by atoms with E-state index >= 15 is 0 Å². The first-order chi connectivity index (χ1) is 21.8. The first-order valence-corrected chi connectivity index (χ1v) is 19.0. The lowest BCUT2D eigenvalue weighted by molar-refractivity contribution is -0.177. The minimum atomic E-state index is -3.18. The Morgan fingerprint density at radius 3 is 0.795 bits per heavy atom. The third-order valence-corrected chi connectivity index (χ3v) is 19.8. The van der Waals surface area contributed by atoms with E-state index in [1.165, 1.54) is 31.1 Å². The van der Waals surface area contributed by atoms with E-state index in [0.717, 1.165) is 0 Å². The van der Waals surface area contributed by atoms with Crippen molar-refractivity contribution in [3.8, 4) is 0 Å². The fourth-order valence-corrected chi connectivity index (χ4v) is 20.2. The standard InChI is InChI=1S/C39H33NO2Si2/c41-39-31-38(42-39)40(43(32-19-7-1-8-20-32,33-21-9-2-10-22-33)34-23-11-3-12-24-34)44(35-25-13-4-14-26-35,36-27-15-5-16-28-36)37-29-17-6-18-30-37/h1-30,38H,31H2. The highest BCUT2D eigenvalue weighted by molar-refractivity contribution is 7.22. The van der Waals surface area contributed by atoms with Gasteiger partial charge in [-0.25, -0.2) is 0 Å². The summed E-state index contributed by atoms with van der Waals surface area (Å²) in [5.41, 5.74) is 0. The molecule has 7 rings (SSSR count). The first kappa shape index (κ1) is 28.0. The quantitative estimate of drug-likeness (QED) is 0.143. The molecule has 1 aliphatic rings.